The summed E-state index contributed by atoms with van der Waals surface area (Å²) in [5.74, 6) is 0. The number of rotatable bonds is 3. The van der Waals surface area contributed by atoms with Gasteiger partial charge in [0.15, 0.2) is 0 Å². The van der Waals surface area contributed by atoms with E-state index in [4.69, 9.17) is 8.83 Å². The predicted octanol–water partition coefficient (Wildman–Crippen LogP) is 16.3. The van der Waals surface area contributed by atoms with Crippen molar-refractivity contribution >= 4 is 97.7 Å². The lowest BCUT2D eigenvalue weighted by atomic mass is 9.85. The van der Waals surface area contributed by atoms with E-state index >= 15 is 0 Å². The fourth-order valence-electron chi connectivity index (χ4n) is 9.71. The van der Waals surface area contributed by atoms with E-state index in [1.807, 2.05) is 12.1 Å². The molecule has 0 atom stereocenters. The van der Waals surface area contributed by atoms with Gasteiger partial charge in [-0.1, -0.05) is 146 Å². The molecule has 0 bridgehead atoms. The van der Waals surface area contributed by atoms with Crippen molar-refractivity contribution in [3.63, 3.8) is 0 Å². The predicted molar refractivity (Wildman–Crippen MR) is 245 cm³/mol. The minimum atomic E-state index is 0.876. The molecule has 2 heteroatoms. The zero-order chi connectivity index (χ0) is 37.9. The third-order valence-electron chi connectivity index (χ3n) is 12.4. The largest absolute Gasteiger partial charge is 0.456 e. The summed E-state index contributed by atoms with van der Waals surface area (Å²) in [6.07, 6.45) is 0. The molecule has 2 aromatic heterocycles. The average Bonchev–Trinajstić information content (AvgIpc) is 3.86. The van der Waals surface area contributed by atoms with Crippen LogP contribution in [0.25, 0.3) is 131 Å². The van der Waals surface area contributed by atoms with E-state index in [1.165, 1.54) is 70.9 Å². The highest BCUT2D eigenvalue weighted by molar-refractivity contribution is 6.28. The summed E-state index contributed by atoms with van der Waals surface area (Å²) < 4.78 is 12.9. The summed E-state index contributed by atoms with van der Waals surface area (Å²) in [5.41, 5.74) is 10.9. The topological polar surface area (TPSA) is 26.3 Å². The van der Waals surface area contributed by atoms with Crippen molar-refractivity contribution < 1.29 is 8.83 Å². The summed E-state index contributed by atoms with van der Waals surface area (Å²) in [6.45, 7) is 0. The van der Waals surface area contributed by atoms with Gasteiger partial charge in [-0.25, -0.2) is 0 Å². The molecule has 0 unspecified atom stereocenters. The number of benzene rings is 11. The Morgan fingerprint density at radius 1 is 0.241 bits per heavy atom. The molecule has 268 valence electrons. The van der Waals surface area contributed by atoms with Crippen molar-refractivity contribution in [2.24, 2.45) is 0 Å². The Bertz CT molecular complexity index is 3800. The molecule has 0 radical (unpaired) electrons. The molecule has 0 aliphatic rings. The van der Waals surface area contributed by atoms with Gasteiger partial charge in [0.05, 0.1) is 0 Å². The summed E-state index contributed by atoms with van der Waals surface area (Å²) in [4.78, 5) is 0. The van der Waals surface area contributed by atoms with Crippen LogP contribution in [0.4, 0.5) is 0 Å². The summed E-state index contributed by atoms with van der Waals surface area (Å²) in [5, 5.41) is 16.6. The molecular formula is C56H32O2. The number of para-hydroxylation sites is 1. The van der Waals surface area contributed by atoms with Gasteiger partial charge in [-0.15, -0.1) is 0 Å². The van der Waals surface area contributed by atoms with Crippen LogP contribution < -0.4 is 0 Å². The van der Waals surface area contributed by atoms with Gasteiger partial charge < -0.3 is 8.83 Å². The van der Waals surface area contributed by atoms with Crippen molar-refractivity contribution in [3.05, 3.63) is 194 Å². The van der Waals surface area contributed by atoms with E-state index in [9.17, 15) is 0 Å². The summed E-state index contributed by atoms with van der Waals surface area (Å²) in [7, 11) is 0. The van der Waals surface area contributed by atoms with Gasteiger partial charge in [0.25, 0.3) is 0 Å². The Kier molecular flexibility index (Phi) is 6.47. The highest BCUT2D eigenvalue weighted by Crippen LogP contribution is 2.46. The Morgan fingerprint density at radius 3 is 1.41 bits per heavy atom. The third-order valence-corrected chi connectivity index (χ3v) is 12.4. The van der Waals surface area contributed by atoms with Crippen LogP contribution in [0.1, 0.15) is 0 Å². The van der Waals surface area contributed by atoms with Crippen LogP contribution in [0.3, 0.4) is 0 Å². The monoisotopic (exact) mass is 736 g/mol. The molecule has 0 aliphatic carbocycles. The zero-order valence-corrected chi connectivity index (χ0v) is 31.3. The molecule has 2 nitrogen and oxygen atoms in total. The quantitative estimate of drug-likeness (QED) is 0.169. The van der Waals surface area contributed by atoms with Crippen molar-refractivity contribution in [2.75, 3.05) is 0 Å². The van der Waals surface area contributed by atoms with Crippen LogP contribution in [0.5, 0.6) is 0 Å². The first kappa shape index (κ1) is 31.5. The average molecular weight is 737 g/mol. The smallest absolute Gasteiger partial charge is 0.144 e. The minimum absolute atomic E-state index is 0.876. The Balaban J connectivity index is 0.941. The van der Waals surface area contributed by atoms with E-state index in [2.05, 4.69) is 182 Å². The van der Waals surface area contributed by atoms with Crippen LogP contribution in [0.2, 0.25) is 0 Å². The van der Waals surface area contributed by atoms with Gasteiger partial charge in [0.2, 0.25) is 0 Å². The molecule has 0 aliphatic heterocycles. The maximum atomic E-state index is 6.68. The van der Waals surface area contributed by atoms with E-state index in [0.29, 0.717) is 0 Å². The minimum Gasteiger partial charge on any atom is -0.456 e. The van der Waals surface area contributed by atoms with Crippen molar-refractivity contribution in [2.45, 2.75) is 0 Å². The number of furan rings is 2. The molecule has 0 amide bonds. The van der Waals surface area contributed by atoms with Gasteiger partial charge in [0.1, 0.15) is 22.3 Å². The van der Waals surface area contributed by atoms with Gasteiger partial charge >= 0.3 is 0 Å². The first-order valence-electron chi connectivity index (χ1n) is 19.9. The maximum absolute atomic E-state index is 6.68. The van der Waals surface area contributed by atoms with E-state index in [1.54, 1.807) is 0 Å². The molecule has 0 fully saturated rings. The fourth-order valence-corrected chi connectivity index (χ4v) is 9.71. The number of hydrogen-bond donors (Lipinski definition) is 0. The van der Waals surface area contributed by atoms with Gasteiger partial charge in [-0.2, -0.15) is 0 Å². The van der Waals surface area contributed by atoms with Crippen molar-refractivity contribution in [1.29, 1.82) is 0 Å². The van der Waals surface area contributed by atoms with Crippen LogP contribution in [0, 0.1) is 0 Å². The molecule has 0 saturated heterocycles. The normalized spacial score (nSPS) is 12.1. The van der Waals surface area contributed by atoms with E-state index in [0.717, 1.165) is 60.2 Å². The van der Waals surface area contributed by atoms with Crippen LogP contribution in [-0.2, 0) is 0 Å². The summed E-state index contributed by atoms with van der Waals surface area (Å²) in [6, 6.07) is 70.5. The SMILES string of the molecule is c1ccc2cc(-c3c4ccccc4c(-c4ccc5cc(-c6ccc7oc8c(ccc9ccc%10oc%11ccccc%11c%10c98)c7c6)ccc5c4)c4ccccc34)ccc2c1. The second-order valence-corrected chi connectivity index (χ2v) is 15.6. The number of hydrogen-bond acceptors (Lipinski definition) is 2. The van der Waals surface area contributed by atoms with Crippen LogP contribution in [0.15, 0.2) is 203 Å². The second-order valence-electron chi connectivity index (χ2n) is 15.6. The molecular weight excluding hydrogens is 705 g/mol. The molecule has 58 heavy (non-hydrogen) atoms. The second kappa shape index (κ2) is 11.9. The molecule has 2 heterocycles. The number of fused-ring (bicyclic) bond motifs is 13. The van der Waals surface area contributed by atoms with Crippen LogP contribution in [-0.4, -0.2) is 0 Å². The maximum Gasteiger partial charge on any atom is 0.144 e. The zero-order valence-electron chi connectivity index (χ0n) is 31.3. The molecule has 0 N–H and O–H groups in total. The Labute approximate surface area is 332 Å². The van der Waals surface area contributed by atoms with Gasteiger partial charge in [-0.05, 0) is 130 Å². The molecule has 0 spiro atoms. The lowest BCUT2D eigenvalue weighted by Gasteiger charge is -2.18. The first-order chi connectivity index (χ1) is 28.7. The van der Waals surface area contributed by atoms with Crippen molar-refractivity contribution in [3.8, 4) is 33.4 Å². The van der Waals surface area contributed by atoms with E-state index in [-0.39, 0.29) is 0 Å². The third kappa shape index (κ3) is 4.54. The highest BCUT2D eigenvalue weighted by Gasteiger charge is 2.19. The molecule has 0 saturated carbocycles. The van der Waals surface area contributed by atoms with E-state index < -0.39 is 0 Å². The molecule has 11 aromatic carbocycles. The Morgan fingerprint density at radius 2 is 0.707 bits per heavy atom. The summed E-state index contributed by atoms with van der Waals surface area (Å²) >= 11 is 0. The van der Waals surface area contributed by atoms with Gasteiger partial charge in [-0.3, -0.25) is 0 Å². The lowest BCUT2D eigenvalue weighted by Crippen LogP contribution is -1.91. The molecule has 13 aromatic rings. The standard InChI is InChI=1S/C56H32O2/c1-2-10-35-30-40(21-17-33(35)9-1)52-42-11-3-5-13-44(42)53(45-14-6-4-12-43(45)52)41-22-20-36-29-37(18-19-38(36)31-41)39-25-27-50-48(32-39)46-26-23-34-24-28-51-55(54(34)56(46)58-50)47-15-7-8-16-49(47)57-51/h1-32H. The van der Waals surface area contributed by atoms with Gasteiger partial charge in [0, 0.05) is 26.9 Å². The highest BCUT2D eigenvalue weighted by atomic mass is 16.3. The fraction of sp³-hybridized carbons (Fsp3) is 0. The lowest BCUT2D eigenvalue weighted by molar-refractivity contribution is 0.668. The van der Waals surface area contributed by atoms with Crippen molar-refractivity contribution in [1.82, 2.24) is 0 Å². The van der Waals surface area contributed by atoms with Crippen LogP contribution >= 0.6 is 0 Å². The molecule has 13 rings (SSSR count). The Hall–Kier alpha value is -7.68. The first-order valence-corrected chi connectivity index (χ1v) is 19.9.